The third kappa shape index (κ3) is 3.57. The van der Waals surface area contributed by atoms with Crippen molar-refractivity contribution in [1.82, 2.24) is 5.32 Å². The van der Waals surface area contributed by atoms with Crippen LogP contribution in [0.2, 0.25) is 0 Å². The SMILES string of the molecule is Cc1cc(C(=O)NCC2(O)CCCC(C)C2)c(C)s1. The Bertz CT molecular complexity index is 469. The fourth-order valence-corrected chi connectivity index (χ4v) is 3.91. The van der Waals surface area contributed by atoms with E-state index in [0.29, 0.717) is 12.5 Å². The van der Waals surface area contributed by atoms with Crippen molar-refractivity contribution in [2.75, 3.05) is 6.54 Å². The lowest BCUT2D eigenvalue weighted by Crippen LogP contribution is -2.45. The van der Waals surface area contributed by atoms with Gasteiger partial charge in [0.1, 0.15) is 0 Å². The third-order valence-electron chi connectivity index (χ3n) is 3.93. The zero-order valence-corrected chi connectivity index (χ0v) is 12.8. The molecule has 2 rings (SSSR count). The average Bonchev–Trinajstić information content (AvgIpc) is 2.65. The molecule has 0 spiro atoms. The van der Waals surface area contributed by atoms with Crippen molar-refractivity contribution in [3.63, 3.8) is 0 Å². The molecule has 1 fully saturated rings. The van der Waals surface area contributed by atoms with Crippen molar-refractivity contribution >= 4 is 17.2 Å². The minimum absolute atomic E-state index is 0.0616. The number of rotatable bonds is 3. The summed E-state index contributed by atoms with van der Waals surface area (Å²) in [6.07, 6.45) is 3.80. The highest BCUT2D eigenvalue weighted by Gasteiger charge is 2.33. The van der Waals surface area contributed by atoms with E-state index in [1.54, 1.807) is 11.3 Å². The quantitative estimate of drug-likeness (QED) is 0.894. The average molecular weight is 281 g/mol. The summed E-state index contributed by atoms with van der Waals surface area (Å²) < 4.78 is 0. The van der Waals surface area contributed by atoms with E-state index in [-0.39, 0.29) is 5.91 Å². The first-order chi connectivity index (χ1) is 8.89. The molecule has 1 aliphatic carbocycles. The summed E-state index contributed by atoms with van der Waals surface area (Å²) in [5.41, 5.74) is 0.0294. The largest absolute Gasteiger partial charge is 0.388 e. The first kappa shape index (κ1) is 14.5. The van der Waals surface area contributed by atoms with Gasteiger partial charge in [-0.25, -0.2) is 0 Å². The third-order valence-corrected chi connectivity index (χ3v) is 4.90. The summed E-state index contributed by atoms with van der Waals surface area (Å²) in [6.45, 7) is 6.50. The first-order valence-corrected chi connectivity index (χ1v) is 7.79. The minimum Gasteiger partial charge on any atom is -0.388 e. The van der Waals surface area contributed by atoms with Crippen LogP contribution in [0.1, 0.15) is 52.7 Å². The summed E-state index contributed by atoms with van der Waals surface area (Å²) in [6, 6.07) is 1.92. The van der Waals surface area contributed by atoms with Crippen LogP contribution in [0.15, 0.2) is 6.07 Å². The lowest BCUT2D eigenvalue weighted by atomic mass is 9.79. The Morgan fingerprint density at radius 1 is 1.58 bits per heavy atom. The van der Waals surface area contributed by atoms with Gasteiger partial charge in [-0.3, -0.25) is 4.79 Å². The number of aryl methyl sites for hydroxylation is 2. The molecular formula is C15H23NO2S. The second-order valence-electron chi connectivity index (χ2n) is 5.94. The number of hydrogen-bond donors (Lipinski definition) is 2. The molecule has 1 aromatic heterocycles. The fraction of sp³-hybridized carbons (Fsp3) is 0.667. The highest BCUT2D eigenvalue weighted by atomic mass is 32.1. The summed E-state index contributed by atoms with van der Waals surface area (Å²) in [5, 5.41) is 13.4. The zero-order valence-electron chi connectivity index (χ0n) is 12.0. The Morgan fingerprint density at radius 2 is 2.32 bits per heavy atom. The van der Waals surface area contributed by atoms with Gasteiger partial charge in [0.05, 0.1) is 11.2 Å². The predicted molar refractivity (Wildman–Crippen MR) is 78.7 cm³/mol. The lowest BCUT2D eigenvalue weighted by molar-refractivity contribution is -0.0109. The number of carbonyl (C=O) groups is 1. The van der Waals surface area contributed by atoms with Gasteiger partial charge in [0.15, 0.2) is 0 Å². The van der Waals surface area contributed by atoms with E-state index in [1.165, 1.54) is 6.42 Å². The van der Waals surface area contributed by atoms with Crippen LogP contribution in [0.3, 0.4) is 0 Å². The molecule has 0 aliphatic heterocycles. The van der Waals surface area contributed by atoms with Crippen LogP contribution in [-0.2, 0) is 0 Å². The van der Waals surface area contributed by atoms with Crippen molar-refractivity contribution < 1.29 is 9.90 Å². The number of amides is 1. The molecule has 0 bridgehead atoms. The van der Waals surface area contributed by atoms with Gasteiger partial charge in [-0.2, -0.15) is 0 Å². The Balaban J connectivity index is 1.95. The summed E-state index contributed by atoms with van der Waals surface area (Å²) in [4.78, 5) is 14.3. The monoisotopic (exact) mass is 281 g/mol. The molecule has 19 heavy (non-hydrogen) atoms. The Morgan fingerprint density at radius 3 is 2.89 bits per heavy atom. The first-order valence-electron chi connectivity index (χ1n) is 6.97. The Hall–Kier alpha value is -0.870. The van der Waals surface area contributed by atoms with Crippen molar-refractivity contribution in [2.45, 2.75) is 52.1 Å². The number of hydrogen-bond acceptors (Lipinski definition) is 3. The van der Waals surface area contributed by atoms with Crippen LogP contribution < -0.4 is 5.32 Å². The lowest BCUT2D eigenvalue weighted by Gasteiger charge is -2.35. The molecule has 3 nitrogen and oxygen atoms in total. The molecule has 1 saturated carbocycles. The van der Waals surface area contributed by atoms with E-state index >= 15 is 0 Å². The summed E-state index contributed by atoms with van der Waals surface area (Å²) in [7, 11) is 0. The maximum absolute atomic E-state index is 12.1. The van der Waals surface area contributed by atoms with Gasteiger partial charge in [0.2, 0.25) is 0 Å². The zero-order chi connectivity index (χ0) is 14.0. The summed E-state index contributed by atoms with van der Waals surface area (Å²) in [5.74, 6) is 0.481. The molecule has 2 unspecified atom stereocenters. The molecule has 0 aromatic carbocycles. The smallest absolute Gasteiger partial charge is 0.252 e. The number of aliphatic hydroxyl groups is 1. The van der Waals surface area contributed by atoms with E-state index < -0.39 is 5.60 Å². The highest BCUT2D eigenvalue weighted by Crippen LogP contribution is 2.31. The molecule has 2 atom stereocenters. The van der Waals surface area contributed by atoms with Gasteiger partial charge in [0, 0.05) is 16.3 Å². The van der Waals surface area contributed by atoms with Crippen LogP contribution in [0.25, 0.3) is 0 Å². The predicted octanol–water partition coefficient (Wildman–Crippen LogP) is 3.04. The van der Waals surface area contributed by atoms with E-state index in [0.717, 1.165) is 34.6 Å². The van der Waals surface area contributed by atoms with Crippen LogP contribution >= 0.6 is 11.3 Å². The number of carbonyl (C=O) groups excluding carboxylic acids is 1. The van der Waals surface area contributed by atoms with Gasteiger partial charge in [-0.05, 0) is 38.7 Å². The fourth-order valence-electron chi connectivity index (χ4n) is 2.99. The molecule has 1 heterocycles. The second kappa shape index (κ2) is 5.63. The van der Waals surface area contributed by atoms with Crippen LogP contribution in [0, 0.1) is 19.8 Å². The minimum atomic E-state index is -0.716. The van der Waals surface area contributed by atoms with Crippen molar-refractivity contribution in [3.8, 4) is 0 Å². The second-order valence-corrected chi connectivity index (χ2v) is 7.40. The Kier molecular flexibility index (Phi) is 4.31. The Labute approximate surface area is 119 Å². The molecule has 2 N–H and O–H groups in total. The molecule has 1 aromatic rings. The maximum atomic E-state index is 12.1. The van der Waals surface area contributed by atoms with Gasteiger partial charge in [-0.15, -0.1) is 11.3 Å². The number of nitrogens with one attached hydrogen (secondary N) is 1. The molecule has 1 amide bonds. The van der Waals surface area contributed by atoms with Crippen molar-refractivity contribution in [2.24, 2.45) is 5.92 Å². The molecule has 1 aliphatic rings. The maximum Gasteiger partial charge on any atom is 0.252 e. The summed E-state index contributed by atoms with van der Waals surface area (Å²) >= 11 is 1.64. The topological polar surface area (TPSA) is 49.3 Å². The highest BCUT2D eigenvalue weighted by molar-refractivity contribution is 7.12. The van der Waals surface area contributed by atoms with E-state index in [2.05, 4.69) is 12.2 Å². The van der Waals surface area contributed by atoms with Gasteiger partial charge in [-0.1, -0.05) is 19.8 Å². The van der Waals surface area contributed by atoms with Gasteiger partial charge < -0.3 is 10.4 Å². The van der Waals surface area contributed by atoms with E-state index in [1.807, 2.05) is 19.9 Å². The number of thiophene rings is 1. The van der Waals surface area contributed by atoms with Crippen LogP contribution in [0.5, 0.6) is 0 Å². The molecule has 0 saturated heterocycles. The van der Waals surface area contributed by atoms with Crippen LogP contribution in [-0.4, -0.2) is 23.2 Å². The molecule has 4 heteroatoms. The molecule has 106 valence electrons. The van der Waals surface area contributed by atoms with E-state index in [4.69, 9.17) is 0 Å². The molecular weight excluding hydrogens is 258 g/mol. The van der Waals surface area contributed by atoms with Crippen LogP contribution in [0.4, 0.5) is 0 Å². The van der Waals surface area contributed by atoms with E-state index in [9.17, 15) is 9.90 Å². The van der Waals surface area contributed by atoms with Crippen molar-refractivity contribution in [3.05, 3.63) is 21.4 Å². The van der Waals surface area contributed by atoms with Crippen molar-refractivity contribution in [1.29, 1.82) is 0 Å². The standard InChI is InChI=1S/C15H23NO2S/c1-10-5-4-6-15(18,8-10)9-16-14(17)13-7-11(2)19-12(13)3/h7,10,18H,4-6,8-9H2,1-3H3,(H,16,17). The normalized spacial score (nSPS) is 27.3. The van der Waals surface area contributed by atoms with Gasteiger partial charge in [0.25, 0.3) is 5.91 Å². The van der Waals surface area contributed by atoms with Gasteiger partial charge >= 0.3 is 0 Å². The molecule has 0 radical (unpaired) electrons.